The van der Waals surface area contributed by atoms with E-state index in [0.29, 0.717) is 5.56 Å². The normalized spacial score (nSPS) is 17.8. The van der Waals surface area contributed by atoms with E-state index in [4.69, 9.17) is 4.98 Å². The van der Waals surface area contributed by atoms with Gasteiger partial charge in [0.2, 0.25) is 0 Å². The van der Waals surface area contributed by atoms with Gasteiger partial charge in [0.1, 0.15) is 5.82 Å². The summed E-state index contributed by atoms with van der Waals surface area (Å²) in [5.74, 6) is 1.94. The molecule has 0 spiro atoms. The van der Waals surface area contributed by atoms with Crippen molar-refractivity contribution in [2.24, 2.45) is 5.92 Å². The lowest BCUT2D eigenvalue weighted by Crippen LogP contribution is -2.44. The lowest BCUT2D eigenvalue weighted by atomic mass is 9.98. The van der Waals surface area contributed by atoms with Crippen molar-refractivity contribution in [3.8, 4) is 11.1 Å². The summed E-state index contributed by atoms with van der Waals surface area (Å²) in [6.45, 7) is 9.51. The fraction of sp³-hybridized carbons (Fsp3) is 0.433. The molecule has 2 saturated heterocycles. The van der Waals surface area contributed by atoms with Crippen LogP contribution in [0.15, 0.2) is 61.1 Å². The van der Waals surface area contributed by atoms with Crippen molar-refractivity contribution in [2.45, 2.75) is 52.1 Å². The minimum absolute atomic E-state index is 0.00986. The molecule has 0 bridgehead atoms. The molecule has 2 aromatic heterocycles. The third-order valence-corrected chi connectivity index (χ3v) is 7.74. The van der Waals surface area contributed by atoms with Crippen molar-refractivity contribution in [1.82, 2.24) is 20.2 Å². The molecule has 36 heavy (non-hydrogen) atoms. The number of benzene rings is 1. The zero-order valence-corrected chi connectivity index (χ0v) is 21.5. The van der Waals surface area contributed by atoms with Crippen LogP contribution in [0.2, 0.25) is 0 Å². The molecule has 0 atom stereocenters. The van der Waals surface area contributed by atoms with E-state index < -0.39 is 0 Å². The zero-order valence-electron chi connectivity index (χ0n) is 21.5. The molecule has 1 N–H and O–H groups in total. The lowest BCUT2D eigenvalue weighted by Gasteiger charge is -2.33. The standard InChI is InChI=1S/C30H37N5O/c1-22-9-17-35(18-10-22)29-6-4-24(20-32-29)21-34-15-11-27(12-16-34)33-30(36)26-5-3-23(2)28(19-26)25-7-13-31-14-8-25/h3-8,13-14,19-20,22,27H,9-12,15-18,21H2,1-2H3,(H,33,36). The Labute approximate surface area is 214 Å². The van der Waals surface area contributed by atoms with Gasteiger partial charge in [0, 0.05) is 62.9 Å². The summed E-state index contributed by atoms with van der Waals surface area (Å²) in [7, 11) is 0. The first kappa shape index (κ1) is 24.4. The fourth-order valence-electron chi connectivity index (χ4n) is 5.30. The van der Waals surface area contributed by atoms with E-state index >= 15 is 0 Å². The molecule has 6 heteroatoms. The number of carbonyl (C=O) groups excluding carboxylic acids is 1. The maximum Gasteiger partial charge on any atom is 0.251 e. The number of aryl methyl sites for hydroxylation is 1. The van der Waals surface area contributed by atoms with Crippen molar-refractivity contribution in [3.05, 3.63) is 77.7 Å². The van der Waals surface area contributed by atoms with Crippen LogP contribution in [0.5, 0.6) is 0 Å². The molecule has 2 aliphatic heterocycles. The van der Waals surface area contributed by atoms with Crippen LogP contribution in [0, 0.1) is 12.8 Å². The van der Waals surface area contributed by atoms with Crippen LogP contribution in [0.3, 0.4) is 0 Å². The van der Waals surface area contributed by atoms with Gasteiger partial charge in [-0.1, -0.05) is 19.1 Å². The summed E-state index contributed by atoms with van der Waals surface area (Å²) in [6, 6.07) is 14.5. The summed E-state index contributed by atoms with van der Waals surface area (Å²) in [4.78, 5) is 26.7. The highest BCUT2D eigenvalue weighted by Crippen LogP contribution is 2.25. The number of pyridine rings is 2. The second kappa shape index (κ2) is 11.2. The summed E-state index contributed by atoms with van der Waals surface area (Å²) in [6.07, 6.45) is 10.1. The fourth-order valence-corrected chi connectivity index (χ4v) is 5.30. The average Bonchev–Trinajstić information content (AvgIpc) is 2.91. The molecule has 2 aliphatic rings. The summed E-state index contributed by atoms with van der Waals surface area (Å²) < 4.78 is 0. The highest BCUT2D eigenvalue weighted by molar-refractivity contribution is 5.96. The molecule has 1 amide bonds. The number of hydrogen-bond acceptors (Lipinski definition) is 5. The third-order valence-electron chi connectivity index (χ3n) is 7.74. The van der Waals surface area contributed by atoms with Gasteiger partial charge in [0.05, 0.1) is 0 Å². The van der Waals surface area contributed by atoms with E-state index in [1.807, 2.05) is 36.5 Å². The van der Waals surface area contributed by atoms with Crippen LogP contribution >= 0.6 is 0 Å². The van der Waals surface area contributed by atoms with Gasteiger partial charge < -0.3 is 10.2 Å². The number of hydrogen-bond donors (Lipinski definition) is 1. The zero-order chi connectivity index (χ0) is 24.9. The van der Waals surface area contributed by atoms with Gasteiger partial charge in [-0.3, -0.25) is 14.7 Å². The van der Waals surface area contributed by atoms with E-state index in [2.05, 4.69) is 46.1 Å². The summed E-state index contributed by atoms with van der Waals surface area (Å²) in [5, 5.41) is 3.27. The van der Waals surface area contributed by atoms with Gasteiger partial charge >= 0.3 is 0 Å². The van der Waals surface area contributed by atoms with Gasteiger partial charge in [-0.15, -0.1) is 0 Å². The highest BCUT2D eigenvalue weighted by Gasteiger charge is 2.22. The average molecular weight is 484 g/mol. The number of nitrogens with one attached hydrogen (secondary N) is 1. The Morgan fingerprint density at radius 3 is 2.42 bits per heavy atom. The van der Waals surface area contributed by atoms with E-state index in [9.17, 15) is 4.79 Å². The Morgan fingerprint density at radius 1 is 0.972 bits per heavy atom. The number of aromatic nitrogens is 2. The Balaban J connectivity index is 1.11. The van der Waals surface area contributed by atoms with Crippen molar-refractivity contribution >= 4 is 11.7 Å². The second-order valence-electron chi connectivity index (χ2n) is 10.5. The Bertz CT molecular complexity index is 1150. The van der Waals surface area contributed by atoms with E-state index in [1.54, 1.807) is 12.4 Å². The largest absolute Gasteiger partial charge is 0.357 e. The van der Waals surface area contributed by atoms with Crippen LogP contribution in [0.1, 0.15) is 54.1 Å². The van der Waals surface area contributed by atoms with Gasteiger partial charge in [-0.05, 0) is 91.1 Å². The van der Waals surface area contributed by atoms with Crippen LogP contribution in [0.4, 0.5) is 5.82 Å². The van der Waals surface area contributed by atoms with Gasteiger partial charge in [-0.2, -0.15) is 0 Å². The van der Waals surface area contributed by atoms with Crippen molar-refractivity contribution in [2.75, 3.05) is 31.1 Å². The first-order valence-corrected chi connectivity index (χ1v) is 13.3. The van der Waals surface area contributed by atoms with Crippen molar-refractivity contribution in [1.29, 1.82) is 0 Å². The van der Waals surface area contributed by atoms with Gasteiger partial charge in [0.15, 0.2) is 0 Å². The van der Waals surface area contributed by atoms with Gasteiger partial charge in [-0.25, -0.2) is 4.98 Å². The van der Waals surface area contributed by atoms with Gasteiger partial charge in [0.25, 0.3) is 5.91 Å². The Kier molecular flexibility index (Phi) is 7.61. The summed E-state index contributed by atoms with van der Waals surface area (Å²) >= 11 is 0. The lowest BCUT2D eigenvalue weighted by molar-refractivity contribution is 0.0909. The maximum atomic E-state index is 13.0. The monoisotopic (exact) mass is 483 g/mol. The molecular weight excluding hydrogens is 446 g/mol. The second-order valence-corrected chi connectivity index (χ2v) is 10.5. The Morgan fingerprint density at radius 2 is 1.72 bits per heavy atom. The molecule has 2 fully saturated rings. The number of anilines is 1. The topological polar surface area (TPSA) is 61.4 Å². The number of rotatable bonds is 6. The smallest absolute Gasteiger partial charge is 0.251 e. The SMILES string of the molecule is Cc1ccc(C(=O)NC2CCN(Cc3ccc(N4CCC(C)CC4)nc3)CC2)cc1-c1ccncc1. The molecule has 1 aromatic carbocycles. The van der Waals surface area contributed by atoms with Crippen LogP contribution in [-0.2, 0) is 6.54 Å². The highest BCUT2D eigenvalue weighted by atomic mass is 16.1. The molecule has 3 aromatic rings. The summed E-state index contributed by atoms with van der Waals surface area (Å²) in [5.41, 5.74) is 5.28. The predicted octanol–water partition coefficient (Wildman–Crippen LogP) is 5.08. The number of carbonyl (C=O) groups is 1. The first-order valence-electron chi connectivity index (χ1n) is 13.3. The number of amides is 1. The molecule has 6 nitrogen and oxygen atoms in total. The third kappa shape index (κ3) is 5.93. The first-order chi connectivity index (χ1) is 17.5. The van der Waals surface area contributed by atoms with Crippen molar-refractivity contribution in [3.63, 3.8) is 0 Å². The number of likely N-dealkylation sites (tertiary alicyclic amines) is 1. The van der Waals surface area contributed by atoms with E-state index in [-0.39, 0.29) is 11.9 Å². The minimum atomic E-state index is 0.00986. The van der Waals surface area contributed by atoms with E-state index in [0.717, 1.165) is 74.0 Å². The molecule has 5 rings (SSSR count). The quantitative estimate of drug-likeness (QED) is 0.530. The molecule has 0 radical (unpaired) electrons. The molecule has 4 heterocycles. The molecule has 0 aliphatic carbocycles. The van der Waals surface area contributed by atoms with Crippen LogP contribution < -0.4 is 10.2 Å². The molecule has 0 saturated carbocycles. The van der Waals surface area contributed by atoms with Crippen molar-refractivity contribution < 1.29 is 4.79 Å². The van der Waals surface area contributed by atoms with Crippen LogP contribution in [-0.4, -0.2) is 53.0 Å². The minimum Gasteiger partial charge on any atom is -0.357 e. The number of piperidine rings is 2. The Hall–Kier alpha value is -3.25. The number of nitrogens with zero attached hydrogens (tertiary/aromatic N) is 4. The van der Waals surface area contributed by atoms with Crippen LogP contribution in [0.25, 0.3) is 11.1 Å². The molecular formula is C30H37N5O. The van der Waals surface area contributed by atoms with E-state index in [1.165, 1.54) is 18.4 Å². The maximum absolute atomic E-state index is 13.0. The predicted molar refractivity (Wildman–Crippen MR) is 145 cm³/mol. The molecule has 0 unspecified atom stereocenters. The molecule has 188 valence electrons.